The average Bonchev–Trinajstić information content (AvgIpc) is 3.03. The van der Waals surface area contributed by atoms with Gasteiger partial charge in [0.05, 0.1) is 4.90 Å². The summed E-state index contributed by atoms with van der Waals surface area (Å²) in [4.78, 5) is 13.8. The smallest absolute Gasteiger partial charge is 0.243 e. The van der Waals surface area contributed by atoms with Crippen LogP contribution >= 0.6 is 0 Å². The van der Waals surface area contributed by atoms with E-state index in [4.69, 9.17) is 0 Å². The molecule has 2 aliphatic heterocycles. The highest BCUT2D eigenvalue weighted by Gasteiger charge is 2.27. The molecule has 0 atom stereocenters. The largest absolute Gasteiger partial charge is 0.371 e. The van der Waals surface area contributed by atoms with Gasteiger partial charge in [-0.1, -0.05) is 0 Å². The molecule has 6 heteroatoms. The number of carbonyl (C=O) groups excluding carboxylic acids is 1. The van der Waals surface area contributed by atoms with E-state index in [1.807, 2.05) is 12.1 Å². The van der Waals surface area contributed by atoms with Crippen molar-refractivity contribution in [3.63, 3.8) is 0 Å². The van der Waals surface area contributed by atoms with E-state index in [0.29, 0.717) is 36.6 Å². The van der Waals surface area contributed by atoms with Crippen molar-refractivity contribution in [1.82, 2.24) is 4.31 Å². The summed E-state index contributed by atoms with van der Waals surface area (Å²) >= 11 is 0. The normalized spacial score (nSPS) is 21.0. The first-order chi connectivity index (χ1) is 10.1. The van der Waals surface area contributed by atoms with Gasteiger partial charge in [0.25, 0.3) is 0 Å². The third-order valence-electron chi connectivity index (χ3n) is 4.23. The van der Waals surface area contributed by atoms with Gasteiger partial charge in [0.2, 0.25) is 10.0 Å². The van der Waals surface area contributed by atoms with Crippen LogP contribution in [0.2, 0.25) is 0 Å². The van der Waals surface area contributed by atoms with Crippen molar-refractivity contribution in [1.29, 1.82) is 0 Å². The van der Waals surface area contributed by atoms with E-state index in [-0.39, 0.29) is 0 Å². The quantitative estimate of drug-likeness (QED) is 0.852. The van der Waals surface area contributed by atoms with E-state index in [1.165, 1.54) is 0 Å². The Morgan fingerprint density at radius 3 is 2.00 bits per heavy atom. The maximum atomic E-state index is 12.4. The van der Waals surface area contributed by atoms with Crippen molar-refractivity contribution in [2.24, 2.45) is 0 Å². The molecule has 21 heavy (non-hydrogen) atoms. The molecule has 114 valence electrons. The number of hydrogen-bond donors (Lipinski definition) is 0. The molecule has 2 fully saturated rings. The van der Waals surface area contributed by atoms with E-state index in [0.717, 1.165) is 31.6 Å². The summed E-state index contributed by atoms with van der Waals surface area (Å²) in [5, 5.41) is 0. The van der Waals surface area contributed by atoms with Crippen LogP contribution in [0.1, 0.15) is 25.7 Å². The first kappa shape index (κ1) is 14.5. The van der Waals surface area contributed by atoms with Crippen LogP contribution in [0.4, 0.5) is 5.69 Å². The van der Waals surface area contributed by atoms with Crippen LogP contribution in [-0.2, 0) is 14.8 Å². The molecule has 3 rings (SSSR count). The number of rotatable bonds is 3. The number of ketones is 1. The molecule has 0 saturated carbocycles. The van der Waals surface area contributed by atoms with Gasteiger partial charge in [0, 0.05) is 44.7 Å². The molecule has 0 bridgehead atoms. The summed E-state index contributed by atoms with van der Waals surface area (Å²) in [6, 6.07) is 7.05. The molecule has 0 amide bonds. The predicted molar refractivity (Wildman–Crippen MR) is 80.9 cm³/mol. The number of piperidine rings is 1. The highest BCUT2D eigenvalue weighted by molar-refractivity contribution is 7.89. The van der Waals surface area contributed by atoms with Crippen molar-refractivity contribution in [2.45, 2.75) is 30.6 Å². The minimum Gasteiger partial charge on any atom is -0.371 e. The Kier molecular flexibility index (Phi) is 3.99. The first-order valence-corrected chi connectivity index (χ1v) is 8.88. The second kappa shape index (κ2) is 5.77. The van der Waals surface area contributed by atoms with Gasteiger partial charge in [-0.3, -0.25) is 4.79 Å². The number of benzene rings is 1. The molecule has 0 N–H and O–H groups in total. The van der Waals surface area contributed by atoms with Crippen LogP contribution in [0.3, 0.4) is 0 Å². The molecule has 0 unspecified atom stereocenters. The third-order valence-corrected chi connectivity index (χ3v) is 6.14. The first-order valence-electron chi connectivity index (χ1n) is 7.44. The number of Topliss-reactive ketones (excluding diaryl/α,β-unsaturated/α-hetero) is 1. The van der Waals surface area contributed by atoms with Gasteiger partial charge in [-0.05, 0) is 37.1 Å². The van der Waals surface area contributed by atoms with Gasteiger partial charge in [0.1, 0.15) is 5.78 Å². The summed E-state index contributed by atoms with van der Waals surface area (Å²) in [6.45, 7) is 2.69. The summed E-state index contributed by atoms with van der Waals surface area (Å²) in [7, 11) is -3.33. The van der Waals surface area contributed by atoms with E-state index in [9.17, 15) is 13.2 Å². The fourth-order valence-electron chi connectivity index (χ4n) is 2.92. The lowest BCUT2D eigenvalue weighted by Crippen LogP contribution is -2.33. The molecule has 0 radical (unpaired) electrons. The molecular formula is C15H20N2O3S. The molecule has 2 saturated heterocycles. The standard InChI is InChI=1S/C15H20N2O3S/c18-14-7-11-16(12-8-14)13-3-5-15(6-4-13)21(19,20)17-9-1-2-10-17/h3-6H,1-2,7-12H2. The predicted octanol–water partition coefficient (Wildman–Crippen LogP) is 1.64. The van der Waals surface area contributed by atoms with Crippen LogP contribution in [0, 0.1) is 0 Å². The number of hydrogen-bond acceptors (Lipinski definition) is 4. The second-order valence-corrected chi connectivity index (χ2v) is 7.57. The van der Waals surface area contributed by atoms with Gasteiger partial charge in [-0.25, -0.2) is 8.42 Å². The maximum Gasteiger partial charge on any atom is 0.243 e. The zero-order valence-corrected chi connectivity index (χ0v) is 12.8. The van der Waals surface area contributed by atoms with Crippen LogP contribution in [0.25, 0.3) is 0 Å². The van der Waals surface area contributed by atoms with Gasteiger partial charge in [0.15, 0.2) is 0 Å². The van der Waals surface area contributed by atoms with E-state index in [1.54, 1.807) is 16.4 Å². The molecule has 0 spiro atoms. The van der Waals surface area contributed by atoms with Crippen LogP contribution in [0.15, 0.2) is 29.2 Å². The fourth-order valence-corrected chi connectivity index (χ4v) is 4.44. The Hall–Kier alpha value is -1.40. The van der Waals surface area contributed by atoms with E-state index >= 15 is 0 Å². The number of carbonyl (C=O) groups is 1. The van der Waals surface area contributed by atoms with Gasteiger partial charge < -0.3 is 4.90 Å². The van der Waals surface area contributed by atoms with Crippen LogP contribution in [-0.4, -0.2) is 44.7 Å². The Bertz CT molecular complexity index is 609. The molecule has 2 aliphatic rings. The lowest BCUT2D eigenvalue weighted by molar-refractivity contribution is -0.119. The molecule has 2 heterocycles. The van der Waals surface area contributed by atoms with Crippen molar-refractivity contribution in [3.8, 4) is 0 Å². The minimum absolute atomic E-state index is 0.305. The van der Waals surface area contributed by atoms with Crippen molar-refractivity contribution in [3.05, 3.63) is 24.3 Å². The Morgan fingerprint density at radius 2 is 1.43 bits per heavy atom. The van der Waals surface area contributed by atoms with E-state index in [2.05, 4.69) is 4.90 Å². The van der Waals surface area contributed by atoms with Crippen LogP contribution in [0.5, 0.6) is 0 Å². The van der Waals surface area contributed by atoms with Crippen LogP contribution < -0.4 is 4.90 Å². The fraction of sp³-hybridized carbons (Fsp3) is 0.533. The zero-order chi connectivity index (χ0) is 14.9. The highest BCUT2D eigenvalue weighted by Crippen LogP contribution is 2.24. The SMILES string of the molecule is O=C1CCN(c2ccc(S(=O)(=O)N3CCCC3)cc2)CC1. The van der Waals surface area contributed by atoms with Crippen molar-refractivity contribution in [2.75, 3.05) is 31.1 Å². The monoisotopic (exact) mass is 308 g/mol. The number of nitrogens with zero attached hydrogens (tertiary/aromatic N) is 2. The molecule has 0 aliphatic carbocycles. The Morgan fingerprint density at radius 1 is 0.857 bits per heavy atom. The molecule has 0 aromatic heterocycles. The zero-order valence-electron chi connectivity index (χ0n) is 12.0. The summed E-state index contributed by atoms with van der Waals surface area (Å²) < 4.78 is 26.4. The highest BCUT2D eigenvalue weighted by atomic mass is 32.2. The molecule has 1 aromatic carbocycles. The third kappa shape index (κ3) is 2.96. The average molecular weight is 308 g/mol. The number of anilines is 1. The lowest BCUT2D eigenvalue weighted by atomic mass is 10.1. The van der Waals surface area contributed by atoms with Gasteiger partial charge in [-0.15, -0.1) is 0 Å². The van der Waals surface area contributed by atoms with Gasteiger partial charge >= 0.3 is 0 Å². The lowest BCUT2D eigenvalue weighted by Gasteiger charge is -2.28. The summed E-state index contributed by atoms with van der Waals surface area (Å²) in [5.74, 6) is 0.305. The topological polar surface area (TPSA) is 57.7 Å². The Balaban J connectivity index is 1.76. The summed E-state index contributed by atoms with van der Waals surface area (Å²) in [5.41, 5.74) is 0.989. The van der Waals surface area contributed by atoms with Crippen molar-refractivity contribution >= 4 is 21.5 Å². The number of sulfonamides is 1. The molecule has 1 aromatic rings. The second-order valence-electron chi connectivity index (χ2n) is 5.63. The van der Waals surface area contributed by atoms with E-state index < -0.39 is 10.0 Å². The Labute approximate surface area is 125 Å². The maximum absolute atomic E-state index is 12.4. The summed E-state index contributed by atoms with van der Waals surface area (Å²) in [6.07, 6.45) is 3.04. The minimum atomic E-state index is -3.33. The molecule has 5 nitrogen and oxygen atoms in total. The molecular weight excluding hydrogens is 288 g/mol. The van der Waals surface area contributed by atoms with Gasteiger partial charge in [-0.2, -0.15) is 4.31 Å². The van der Waals surface area contributed by atoms with Crippen molar-refractivity contribution < 1.29 is 13.2 Å².